The lowest BCUT2D eigenvalue weighted by atomic mass is 10.1. The molecule has 208 valence electrons. The average Bonchev–Trinajstić information content (AvgIpc) is 2.91. The molecular formula is C31H49IN2O3. The Kier molecular flexibility index (Phi) is 19.0. The van der Waals surface area contributed by atoms with Gasteiger partial charge < -0.3 is 33.5 Å². The summed E-state index contributed by atoms with van der Waals surface area (Å²) >= 11 is 0. The zero-order valence-electron chi connectivity index (χ0n) is 23.4. The predicted octanol–water partition coefficient (Wildman–Crippen LogP) is 4.33. The van der Waals surface area contributed by atoms with E-state index < -0.39 is 0 Å². The summed E-state index contributed by atoms with van der Waals surface area (Å²) in [7, 11) is 1.65. The van der Waals surface area contributed by atoms with Crippen molar-refractivity contribution in [1.82, 2.24) is 5.32 Å². The summed E-state index contributed by atoms with van der Waals surface area (Å²) in [6.45, 7) is 5.03. The van der Waals surface area contributed by atoms with Crippen LogP contribution in [0.5, 0.6) is 11.5 Å². The number of hydrogen-bond donors (Lipinski definition) is 1. The lowest BCUT2D eigenvalue weighted by Gasteiger charge is -2.14. The van der Waals surface area contributed by atoms with Crippen molar-refractivity contribution in [1.29, 1.82) is 0 Å². The number of rotatable bonds is 20. The van der Waals surface area contributed by atoms with Crippen LogP contribution >= 0.6 is 0 Å². The van der Waals surface area contributed by atoms with E-state index in [0.717, 1.165) is 24.2 Å². The zero-order valence-corrected chi connectivity index (χ0v) is 25.5. The van der Waals surface area contributed by atoms with Gasteiger partial charge in [0.2, 0.25) is 12.1 Å². The van der Waals surface area contributed by atoms with Crippen molar-refractivity contribution >= 4 is 5.91 Å². The van der Waals surface area contributed by atoms with Crippen LogP contribution in [0.1, 0.15) is 109 Å². The number of pyridine rings is 1. The van der Waals surface area contributed by atoms with Gasteiger partial charge in [-0.2, -0.15) is 4.57 Å². The van der Waals surface area contributed by atoms with Gasteiger partial charge in [-0.15, -0.1) is 0 Å². The second kappa shape index (κ2) is 21.1. The molecule has 1 unspecified atom stereocenters. The SMILES string of the molecule is CCCCCCCCCCCCCCOc1ccc(CC(=O)NC(CC)[n+]2ccccc2)cc1OC.[I-]. The minimum atomic E-state index is -0.0567. The van der Waals surface area contributed by atoms with Gasteiger partial charge in [-0.1, -0.05) is 96.6 Å². The summed E-state index contributed by atoms with van der Waals surface area (Å²) in [5.74, 6) is 1.42. The quantitative estimate of drug-likeness (QED) is 0.136. The summed E-state index contributed by atoms with van der Waals surface area (Å²) in [4.78, 5) is 12.7. The number of methoxy groups -OCH3 is 1. The fraction of sp³-hybridized carbons (Fsp3) is 0.613. The molecule has 1 amide bonds. The van der Waals surface area contributed by atoms with Crippen LogP contribution in [0.4, 0.5) is 0 Å². The number of nitrogens with zero attached hydrogens (tertiary/aromatic N) is 1. The van der Waals surface area contributed by atoms with Crippen LogP contribution in [-0.4, -0.2) is 19.6 Å². The molecule has 0 spiro atoms. The van der Waals surface area contributed by atoms with Gasteiger partial charge in [0.05, 0.1) is 20.1 Å². The number of ether oxygens (including phenoxy) is 2. The van der Waals surface area contributed by atoms with Crippen molar-refractivity contribution in [2.45, 2.75) is 110 Å². The third kappa shape index (κ3) is 14.0. The van der Waals surface area contributed by atoms with E-state index in [9.17, 15) is 4.79 Å². The lowest BCUT2D eigenvalue weighted by molar-refractivity contribution is -0.727. The number of unbranched alkanes of at least 4 members (excludes halogenated alkanes) is 11. The van der Waals surface area contributed by atoms with E-state index in [1.807, 2.05) is 53.4 Å². The number of carbonyl (C=O) groups excluding carboxylic acids is 1. The van der Waals surface area contributed by atoms with Crippen molar-refractivity contribution in [3.8, 4) is 11.5 Å². The molecule has 2 aromatic rings. The molecule has 0 saturated carbocycles. The molecule has 0 bridgehead atoms. The second-order valence-electron chi connectivity index (χ2n) is 9.71. The number of hydrogen-bond acceptors (Lipinski definition) is 3. The van der Waals surface area contributed by atoms with Crippen molar-refractivity contribution in [3.63, 3.8) is 0 Å². The van der Waals surface area contributed by atoms with Crippen LogP contribution in [0.3, 0.4) is 0 Å². The maximum atomic E-state index is 12.7. The standard InChI is InChI=1S/C31H48N2O3.HI/c1-4-6-7-8-9-10-11-12-13-14-15-19-24-36-28-21-20-27(25-29(28)35-3)26-31(34)32-30(5-2)33-22-17-16-18-23-33;/h16-18,20-23,25,30H,4-15,19,24,26H2,1-3H3;1H. The molecule has 1 atom stereocenters. The predicted molar refractivity (Wildman–Crippen MR) is 147 cm³/mol. The van der Waals surface area contributed by atoms with Crippen molar-refractivity contribution < 1.29 is 42.8 Å². The number of halogens is 1. The number of nitrogens with one attached hydrogen (secondary N) is 1. The van der Waals surface area contributed by atoms with Crippen molar-refractivity contribution in [3.05, 3.63) is 54.4 Å². The fourth-order valence-corrected chi connectivity index (χ4v) is 4.50. The number of amides is 1. The van der Waals surface area contributed by atoms with Crippen LogP contribution in [0, 0.1) is 0 Å². The molecule has 37 heavy (non-hydrogen) atoms. The van der Waals surface area contributed by atoms with Crippen LogP contribution in [-0.2, 0) is 11.2 Å². The summed E-state index contributed by atoms with van der Waals surface area (Å²) in [6, 6.07) is 11.7. The van der Waals surface area contributed by atoms with Crippen LogP contribution in [0.25, 0.3) is 0 Å². The second-order valence-corrected chi connectivity index (χ2v) is 9.71. The molecule has 0 aliphatic heterocycles. The van der Waals surface area contributed by atoms with Gasteiger partial charge in [0, 0.05) is 18.6 Å². The summed E-state index contributed by atoms with van der Waals surface area (Å²) in [6.07, 6.45) is 21.0. The first-order chi connectivity index (χ1) is 17.7. The largest absolute Gasteiger partial charge is 1.00 e. The molecule has 1 aromatic heterocycles. The van der Waals surface area contributed by atoms with Gasteiger partial charge in [0.25, 0.3) is 0 Å². The Morgan fingerprint density at radius 1 is 0.838 bits per heavy atom. The van der Waals surface area contributed by atoms with Crippen LogP contribution in [0.15, 0.2) is 48.8 Å². The molecule has 0 aliphatic rings. The molecule has 0 radical (unpaired) electrons. The summed E-state index contributed by atoms with van der Waals surface area (Å²) in [5, 5.41) is 3.12. The molecule has 1 aromatic carbocycles. The number of carbonyl (C=O) groups is 1. The monoisotopic (exact) mass is 624 g/mol. The number of aromatic nitrogens is 1. The molecule has 1 heterocycles. The highest BCUT2D eigenvalue weighted by Gasteiger charge is 2.18. The highest BCUT2D eigenvalue weighted by atomic mass is 127. The minimum Gasteiger partial charge on any atom is -1.00 e. The van der Waals surface area contributed by atoms with Gasteiger partial charge >= 0.3 is 0 Å². The molecule has 1 N–H and O–H groups in total. The minimum absolute atomic E-state index is 0. The highest BCUT2D eigenvalue weighted by Crippen LogP contribution is 2.28. The number of benzene rings is 1. The van der Waals surface area contributed by atoms with Crippen molar-refractivity contribution in [2.75, 3.05) is 13.7 Å². The molecule has 0 fully saturated rings. The first-order valence-electron chi connectivity index (χ1n) is 14.2. The summed E-state index contributed by atoms with van der Waals surface area (Å²) < 4.78 is 13.6. The Hall–Kier alpha value is -1.83. The zero-order chi connectivity index (χ0) is 25.8. The van der Waals surface area contributed by atoms with E-state index in [0.29, 0.717) is 18.8 Å². The van der Waals surface area contributed by atoms with E-state index >= 15 is 0 Å². The highest BCUT2D eigenvalue weighted by molar-refractivity contribution is 5.78. The normalized spacial score (nSPS) is 11.4. The smallest absolute Gasteiger partial charge is 0.233 e. The van der Waals surface area contributed by atoms with Crippen molar-refractivity contribution in [2.24, 2.45) is 0 Å². The van der Waals surface area contributed by atoms with E-state index in [4.69, 9.17) is 9.47 Å². The topological polar surface area (TPSA) is 51.4 Å². The van der Waals surface area contributed by atoms with Gasteiger partial charge in [0.15, 0.2) is 23.9 Å². The Bertz CT molecular complexity index is 848. The van der Waals surface area contributed by atoms with E-state index in [1.54, 1.807) is 7.11 Å². The lowest BCUT2D eigenvalue weighted by Crippen LogP contribution is -3.00. The molecular weight excluding hydrogens is 575 g/mol. The Labute approximate surface area is 242 Å². The third-order valence-corrected chi connectivity index (χ3v) is 6.66. The van der Waals surface area contributed by atoms with E-state index in [1.165, 1.54) is 70.6 Å². The fourth-order valence-electron chi connectivity index (χ4n) is 4.50. The van der Waals surface area contributed by atoms with Gasteiger partial charge in [-0.3, -0.25) is 10.1 Å². The van der Waals surface area contributed by atoms with Gasteiger partial charge in [-0.05, 0) is 24.1 Å². The maximum absolute atomic E-state index is 12.7. The van der Waals surface area contributed by atoms with Gasteiger partial charge in [0.1, 0.15) is 0 Å². The van der Waals surface area contributed by atoms with Gasteiger partial charge in [-0.25, -0.2) is 0 Å². The maximum Gasteiger partial charge on any atom is 0.233 e. The Morgan fingerprint density at radius 2 is 1.43 bits per heavy atom. The third-order valence-electron chi connectivity index (χ3n) is 6.66. The summed E-state index contributed by atoms with van der Waals surface area (Å²) in [5.41, 5.74) is 0.912. The van der Waals surface area contributed by atoms with Crippen LogP contribution < -0.4 is 43.3 Å². The van der Waals surface area contributed by atoms with Crippen LogP contribution in [0.2, 0.25) is 0 Å². The van der Waals surface area contributed by atoms with E-state index in [2.05, 4.69) is 19.2 Å². The molecule has 0 saturated heterocycles. The Morgan fingerprint density at radius 3 is 2.00 bits per heavy atom. The first kappa shape index (κ1) is 33.2. The molecule has 6 heteroatoms. The first-order valence-corrected chi connectivity index (χ1v) is 14.2. The molecule has 5 nitrogen and oxygen atoms in total. The average molecular weight is 625 g/mol. The Balaban J connectivity index is 0.00000684. The molecule has 0 aliphatic carbocycles. The molecule has 2 rings (SSSR count). The van der Waals surface area contributed by atoms with E-state index in [-0.39, 0.29) is 36.0 Å².